The number of amides is 1. The van der Waals surface area contributed by atoms with Crippen molar-refractivity contribution >= 4 is 34.7 Å². The van der Waals surface area contributed by atoms with Gasteiger partial charge in [-0.25, -0.2) is 9.37 Å². The van der Waals surface area contributed by atoms with Crippen LogP contribution in [0.25, 0.3) is 0 Å². The number of phenols is 1. The molecule has 0 radical (unpaired) electrons. The maximum atomic E-state index is 14.1. The number of aliphatic hydroxyl groups is 2. The number of phenolic OH excluding ortho intramolecular Hbond substituents is 1. The van der Waals surface area contributed by atoms with Gasteiger partial charge in [0.15, 0.2) is 17.7 Å². The number of aromatic nitrogens is 2. The fourth-order valence-corrected chi connectivity index (χ4v) is 2.31. The maximum absolute atomic E-state index is 14.1. The maximum Gasteiger partial charge on any atom is 0.255 e. The zero-order chi connectivity index (χ0) is 20.8. The van der Waals surface area contributed by atoms with E-state index in [-0.39, 0.29) is 17.5 Å². The lowest BCUT2D eigenvalue weighted by molar-refractivity contribution is -0.125. The Balaban J connectivity index is 1.75. The van der Waals surface area contributed by atoms with Crippen molar-refractivity contribution in [2.24, 2.45) is 0 Å². The van der Waals surface area contributed by atoms with Crippen LogP contribution in [0.2, 0.25) is 0 Å². The molecule has 0 aliphatic carbocycles. The molecule has 0 aliphatic heterocycles. The molecule has 10 heteroatoms. The lowest BCUT2D eigenvalue weighted by Crippen LogP contribution is -2.30. The summed E-state index contributed by atoms with van der Waals surface area (Å²) in [5.74, 6) is -1.31. The number of carbonyl (C=O) groups excluding carboxylic acids is 1. The van der Waals surface area contributed by atoms with E-state index in [1.165, 1.54) is 18.2 Å². The van der Waals surface area contributed by atoms with E-state index >= 15 is 0 Å². The summed E-state index contributed by atoms with van der Waals surface area (Å²) in [6.07, 6.45) is -0.541. The molecule has 0 spiro atoms. The summed E-state index contributed by atoms with van der Waals surface area (Å²) in [4.78, 5) is 19.6. The monoisotopic (exact) mass is 399 g/mol. The van der Waals surface area contributed by atoms with Gasteiger partial charge in [0, 0.05) is 17.1 Å². The van der Waals surface area contributed by atoms with Gasteiger partial charge < -0.3 is 31.3 Å². The van der Waals surface area contributed by atoms with Gasteiger partial charge in [0.1, 0.15) is 5.75 Å². The molecule has 0 bridgehead atoms. The largest absolute Gasteiger partial charge is 0.508 e. The first-order chi connectivity index (χ1) is 13.9. The van der Waals surface area contributed by atoms with Crippen LogP contribution < -0.4 is 16.0 Å². The topological polar surface area (TPSA) is 140 Å². The first-order valence-corrected chi connectivity index (χ1v) is 8.50. The molecular formula is C19H18FN5O4. The molecule has 1 atom stereocenters. The Kier molecular flexibility index (Phi) is 6.17. The number of benzene rings is 2. The van der Waals surface area contributed by atoms with Gasteiger partial charge in [0.05, 0.1) is 12.8 Å². The van der Waals surface area contributed by atoms with Gasteiger partial charge >= 0.3 is 0 Å². The first kappa shape index (κ1) is 20.0. The predicted molar refractivity (Wildman–Crippen MR) is 105 cm³/mol. The Morgan fingerprint density at radius 1 is 1.07 bits per heavy atom. The number of hydrogen-bond acceptors (Lipinski definition) is 8. The second kappa shape index (κ2) is 8.95. The number of rotatable bonds is 7. The molecule has 1 unspecified atom stereocenters. The Hall–Kier alpha value is -3.76. The third kappa shape index (κ3) is 5.37. The van der Waals surface area contributed by atoms with Crippen molar-refractivity contribution in [2.45, 2.75) is 6.10 Å². The van der Waals surface area contributed by atoms with Gasteiger partial charge in [0.2, 0.25) is 5.95 Å². The normalized spacial score (nSPS) is 11.6. The molecule has 2 aromatic carbocycles. The van der Waals surface area contributed by atoms with E-state index in [9.17, 15) is 19.4 Å². The van der Waals surface area contributed by atoms with Crippen LogP contribution in [0.1, 0.15) is 0 Å². The number of aromatic hydroxyl groups is 1. The first-order valence-electron chi connectivity index (χ1n) is 8.50. The van der Waals surface area contributed by atoms with E-state index in [2.05, 4.69) is 25.9 Å². The molecule has 0 saturated carbocycles. The third-order valence-corrected chi connectivity index (χ3v) is 3.74. The van der Waals surface area contributed by atoms with E-state index in [0.29, 0.717) is 17.1 Å². The minimum atomic E-state index is -1.54. The molecule has 3 rings (SSSR count). The van der Waals surface area contributed by atoms with Crippen molar-refractivity contribution in [3.63, 3.8) is 0 Å². The molecular weight excluding hydrogens is 381 g/mol. The fraction of sp³-hybridized carbons (Fsp3) is 0.105. The number of nitrogens with zero attached hydrogens (tertiary/aromatic N) is 2. The highest BCUT2D eigenvalue weighted by molar-refractivity contribution is 5.94. The highest BCUT2D eigenvalue weighted by atomic mass is 19.1. The number of carbonyl (C=O) groups is 1. The third-order valence-electron chi connectivity index (χ3n) is 3.74. The summed E-state index contributed by atoms with van der Waals surface area (Å²) in [5, 5.41) is 35.6. The summed E-state index contributed by atoms with van der Waals surface area (Å²) in [6, 6.07) is 12.5. The minimum absolute atomic E-state index is 0.0971. The zero-order valence-electron chi connectivity index (χ0n) is 15.0. The lowest BCUT2D eigenvalue weighted by atomic mass is 10.2. The van der Waals surface area contributed by atoms with Gasteiger partial charge in [-0.2, -0.15) is 4.98 Å². The Labute approximate surface area is 164 Å². The lowest BCUT2D eigenvalue weighted by Gasteiger charge is -2.12. The van der Waals surface area contributed by atoms with Crippen LogP contribution in [0.3, 0.4) is 0 Å². The van der Waals surface area contributed by atoms with Gasteiger partial charge in [-0.05, 0) is 42.5 Å². The number of aliphatic hydroxyl groups excluding tert-OH is 2. The predicted octanol–water partition coefficient (Wildman–Crippen LogP) is 2.10. The average molecular weight is 399 g/mol. The van der Waals surface area contributed by atoms with Gasteiger partial charge in [-0.15, -0.1) is 0 Å². The van der Waals surface area contributed by atoms with Crippen molar-refractivity contribution in [1.82, 2.24) is 9.97 Å². The van der Waals surface area contributed by atoms with E-state index in [0.717, 1.165) is 6.20 Å². The number of anilines is 5. The summed E-state index contributed by atoms with van der Waals surface area (Å²) in [6.45, 7) is -0.702. The molecule has 9 nitrogen and oxygen atoms in total. The standard InChI is InChI=1S/C19H18FN5O4/c20-15-9-21-19(24-11-4-6-14(27)7-5-11)25-17(15)22-12-2-1-3-13(8-12)23-18(29)16(28)10-26/h1-9,16,26-28H,10H2,(H,23,29)(H2,21,22,24,25). The van der Waals surface area contributed by atoms with E-state index in [1.807, 2.05) is 0 Å². The summed E-state index contributed by atoms with van der Waals surface area (Å²) >= 11 is 0. The van der Waals surface area contributed by atoms with Crippen molar-refractivity contribution in [1.29, 1.82) is 0 Å². The Morgan fingerprint density at radius 2 is 1.79 bits per heavy atom. The second-order valence-electron chi connectivity index (χ2n) is 5.96. The van der Waals surface area contributed by atoms with Crippen LogP contribution in [0, 0.1) is 5.82 Å². The molecule has 1 heterocycles. The average Bonchev–Trinajstić information content (AvgIpc) is 2.72. The van der Waals surface area contributed by atoms with Crippen molar-refractivity contribution in [3.8, 4) is 5.75 Å². The molecule has 6 N–H and O–H groups in total. The summed E-state index contributed by atoms with van der Waals surface area (Å²) in [5.41, 5.74) is 1.37. The van der Waals surface area contributed by atoms with Crippen molar-refractivity contribution < 1.29 is 24.5 Å². The van der Waals surface area contributed by atoms with E-state index < -0.39 is 24.4 Å². The summed E-state index contributed by atoms with van der Waals surface area (Å²) < 4.78 is 14.1. The quantitative estimate of drug-likeness (QED) is 0.332. The molecule has 0 fully saturated rings. The fourth-order valence-electron chi connectivity index (χ4n) is 2.31. The Bertz CT molecular complexity index is 1000. The number of halogens is 1. The Morgan fingerprint density at radius 3 is 2.52 bits per heavy atom. The number of nitrogens with one attached hydrogen (secondary N) is 3. The van der Waals surface area contributed by atoms with Crippen LogP contribution in [-0.2, 0) is 4.79 Å². The second-order valence-corrected chi connectivity index (χ2v) is 5.96. The van der Waals surface area contributed by atoms with Crippen molar-refractivity contribution in [3.05, 3.63) is 60.5 Å². The smallest absolute Gasteiger partial charge is 0.255 e. The molecule has 0 aliphatic rings. The van der Waals surface area contributed by atoms with E-state index in [1.54, 1.807) is 30.3 Å². The highest BCUT2D eigenvalue weighted by Crippen LogP contribution is 2.23. The van der Waals surface area contributed by atoms with Crippen LogP contribution >= 0.6 is 0 Å². The molecule has 1 aromatic heterocycles. The van der Waals surface area contributed by atoms with Crippen molar-refractivity contribution in [2.75, 3.05) is 22.6 Å². The zero-order valence-corrected chi connectivity index (χ0v) is 15.0. The molecule has 0 saturated heterocycles. The van der Waals surface area contributed by atoms with Crippen LogP contribution in [0.15, 0.2) is 54.7 Å². The van der Waals surface area contributed by atoms with E-state index in [4.69, 9.17) is 5.11 Å². The minimum Gasteiger partial charge on any atom is -0.508 e. The highest BCUT2D eigenvalue weighted by Gasteiger charge is 2.14. The van der Waals surface area contributed by atoms with Gasteiger partial charge in [0.25, 0.3) is 5.91 Å². The van der Waals surface area contributed by atoms with Gasteiger partial charge in [-0.1, -0.05) is 6.07 Å². The van der Waals surface area contributed by atoms with Crippen LogP contribution in [-0.4, -0.2) is 43.9 Å². The molecule has 1 amide bonds. The number of hydrogen-bond donors (Lipinski definition) is 6. The van der Waals surface area contributed by atoms with Gasteiger partial charge in [-0.3, -0.25) is 4.79 Å². The summed E-state index contributed by atoms with van der Waals surface area (Å²) in [7, 11) is 0. The molecule has 3 aromatic rings. The van der Waals surface area contributed by atoms with Crippen LogP contribution in [0.5, 0.6) is 5.75 Å². The molecule has 29 heavy (non-hydrogen) atoms. The van der Waals surface area contributed by atoms with Crippen LogP contribution in [0.4, 0.5) is 33.2 Å². The molecule has 150 valence electrons. The SMILES string of the molecule is O=C(Nc1cccc(Nc2nc(Nc3ccc(O)cc3)ncc2F)c1)C(O)CO.